The summed E-state index contributed by atoms with van der Waals surface area (Å²) in [5, 5.41) is 10.2. The number of rotatable bonds is 3. The van der Waals surface area contributed by atoms with E-state index in [1.165, 1.54) is 11.3 Å². The highest BCUT2D eigenvalue weighted by Gasteiger charge is 2.22. The van der Waals surface area contributed by atoms with Gasteiger partial charge in [-0.05, 0) is 43.9 Å². The zero-order valence-electron chi connectivity index (χ0n) is 14.1. The predicted molar refractivity (Wildman–Crippen MR) is 96.3 cm³/mol. The number of amides is 1. The molecule has 1 amide bonds. The van der Waals surface area contributed by atoms with Crippen molar-refractivity contribution < 1.29 is 4.79 Å². The summed E-state index contributed by atoms with van der Waals surface area (Å²) in [7, 11) is 0. The van der Waals surface area contributed by atoms with E-state index in [1.54, 1.807) is 0 Å². The summed E-state index contributed by atoms with van der Waals surface area (Å²) >= 11 is 0. The molecule has 0 fully saturated rings. The number of carbonyl (C=O) groups is 1. The number of hydrogen-bond donors (Lipinski definition) is 2. The fourth-order valence-corrected chi connectivity index (χ4v) is 3.37. The highest BCUT2D eigenvalue weighted by molar-refractivity contribution is 5.95. The number of benzene rings is 1. The molecule has 5 nitrogen and oxygen atoms in total. The molecule has 2 aromatic heterocycles. The van der Waals surface area contributed by atoms with Crippen molar-refractivity contribution in [1.82, 2.24) is 20.5 Å². The Kier molecular flexibility index (Phi) is 4.06. The second-order valence-electron chi connectivity index (χ2n) is 6.48. The van der Waals surface area contributed by atoms with Crippen molar-refractivity contribution in [3.05, 3.63) is 71.2 Å². The van der Waals surface area contributed by atoms with Gasteiger partial charge in [0, 0.05) is 17.3 Å². The number of carbonyl (C=O) groups excluding carboxylic acids is 1. The van der Waals surface area contributed by atoms with Crippen LogP contribution in [0.1, 0.15) is 33.7 Å². The summed E-state index contributed by atoms with van der Waals surface area (Å²) in [6.07, 6.45) is 4.53. The molecule has 2 heterocycles. The molecule has 25 heavy (non-hydrogen) atoms. The standard InChI is InChI=1S/C20H20N4O/c1-13-17(8-10-18(22-13)14-5-3-2-4-6-14)20(25)23-16-7-9-19-15(11-16)12-21-24-19/h2-6,8,10,12,16H,7,9,11H2,1H3,(H,21,24)(H,23,25). The van der Waals surface area contributed by atoms with E-state index in [0.29, 0.717) is 5.56 Å². The van der Waals surface area contributed by atoms with E-state index in [9.17, 15) is 4.79 Å². The first-order chi connectivity index (χ1) is 12.2. The average Bonchev–Trinajstić information content (AvgIpc) is 3.10. The zero-order chi connectivity index (χ0) is 17.2. The lowest BCUT2D eigenvalue weighted by molar-refractivity contribution is 0.0932. The Balaban J connectivity index is 1.49. The van der Waals surface area contributed by atoms with Crippen molar-refractivity contribution in [3.8, 4) is 11.3 Å². The first-order valence-corrected chi connectivity index (χ1v) is 8.56. The maximum absolute atomic E-state index is 12.7. The van der Waals surface area contributed by atoms with E-state index in [1.807, 2.05) is 55.6 Å². The predicted octanol–water partition coefficient (Wildman–Crippen LogP) is 3.07. The van der Waals surface area contributed by atoms with E-state index in [4.69, 9.17) is 0 Å². The number of H-pyrrole nitrogens is 1. The van der Waals surface area contributed by atoms with Crippen LogP contribution in [0.5, 0.6) is 0 Å². The minimum Gasteiger partial charge on any atom is -0.349 e. The summed E-state index contributed by atoms with van der Waals surface area (Å²) in [5.41, 5.74) is 5.71. The number of nitrogens with zero attached hydrogens (tertiary/aromatic N) is 2. The third-order valence-electron chi connectivity index (χ3n) is 4.75. The van der Waals surface area contributed by atoms with Gasteiger partial charge >= 0.3 is 0 Å². The number of aromatic amines is 1. The Labute approximate surface area is 146 Å². The molecule has 1 aliphatic rings. The van der Waals surface area contributed by atoms with Gasteiger partial charge in [-0.1, -0.05) is 30.3 Å². The Morgan fingerprint density at radius 2 is 2.04 bits per heavy atom. The highest BCUT2D eigenvalue weighted by atomic mass is 16.1. The quantitative estimate of drug-likeness (QED) is 0.774. The molecule has 1 aliphatic carbocycles. The van der Waals surface area contributed by atoms with Crippen LogP contribution < -0.4 is 5.32 Å². The molecule has 2 N–H and O–H groups in total. The molecule has 1 aromatic carbocycles. The van der Waals surface area contributed by atoms with E-state index in [2.05, 4.69) is 20.5 Å². The molecule has 1 unspecified atom stereocenters. The second-order valence-corrected chi connectivity index (χ2v) is 6.48. The second kappa shape index (κ2) is 6.51. The summed E-state index contributed by atoms with van der Waals surface area (Å²) in [6, 6.07) is 13.9. The van der Waals surface area contributed by atoms with Gasteiger partial charge in [0.2, 0.25) is 0 Å². The fourth-order valence-electron chi connectivity index (χ4n) is 3.37. The van der Waals surface area contributed by atoms with Crippen LogP contribution in [0.15, 0.2) is 48.7 Å². The summed E-state index contributed by atoms with van der Waals surface area (Å²) in [6.45, 7) is 1.89. The van der Waals surface area contributed by atoms with Crippen LogP contribution in [0.25, 0.3) is 11.3 Å². The van der Waals surface area contributed by atoms with Crippen molar-refractivity contribution in [3.63, 3.8) is 0 Å². The lowest BCUT2D eigenvalue weighted by Gasteiger charge is -2.23. The molecule has 0 aliphatic heterocycles. The molecular formula is C20H20N4O. The molecule has 4 rings (SSSR count). The normalized spacial score (nSPS) is 16.3. The third kappa shape index (κ3) is 3.18. The van der Waals surface area contributed by atoms with Crippen LogP contribution >= 0.6 is 0 Å². The van der Waals surface area contributed by atoms with Gasteiger partial charge in [-0.15, -0.1) is 0 Å². The monoisotopic (exact) mass is 332 g/mol. The number of aromatic nitrogens is 3. The summed E-state index contributed by atoms with van der Waals surface area (Å²) in [5.74, 6) is -0.0541. The smallest absolute Gasteiger partial charge is 0.253 e. The van der Waals surface area contributed by atoms with Gasteiger partial charge < -0.3 is 5.32 Å². The van der Waals surface area contributed by atoms with E-state index >= 15 is 0 Å². The Bertz CT molecular complexity index is 901. The molecule has 3 aromatic rings. The Morgan fingerprint density at radius 3 is 2.84 bits per heavy atom. The molecule has 0 radical (unpaired) electrons. The molecular weight excluding hydrogens is 312 g/mol. The maximum Gasteiger partial charge on any atom is 0.253 e. The first kappa shape index (κ1) is 15.6. The van der Waals surface area contributed by atoms with Crippen molar-refractivity contribution in [2.24, 2.45) is 0 Å². The molecule has 0 saturated heterocycles. The number of pyridine rings is 1. The van der Waals surface area contributed by atoms with Crippen LogP contribution in [0, 0.1) is 6.92 Å². The largest absolute Gasteiger partial charge is 0.349 e. The minimum absolute atomic E-state index is 0.0541. The Hall–Kier alpha value is -2.95. The molecule has 5 heteroatoms. The van der Waals surface area contributed by atoms with Gasteiger partial charge in [-0.3, -0.25) is 14.9 Å². The van der Waals surface area contributed by atoms with E-state index < -0.39 is 0 Å². The molecule has 0 saturated carbocycles. The topological polar surface area (TPSA) is 70.7 Å². The number of nitrogens with one attached hydrogen (secondary N) is 2. The van der Waals surface area contributed by atoms with E-state index in [0.717, 1.165) is 36.2 Å². The lowest BCUT2D eigenvalue weighted by Crippen LogP contribution is -2.39. The average molecular weight is 332 g/mol. The van der Waals surface area contributed by atoms with Crippen molar-refractivity contribution in [1.29, 1.82) is 0 Å². The molecule has 126 valence electrons. The van der Waals surface area contributed by atoms with Gasteiger partial charge in [0.15, 0.2) is 0 Å². The van der Waals surface area contributed by atoms with Crippen LogP contribution in [0.3, 0.4) is 0 Å². The highest BCUT2D eigenvalue weighted by Crippen LogP contribution is 2.21. The molecule has 0 bridgehead atoms. The van der Waals surface area contributed by atoms with Gasteiger partial charge in [0.1, 0.15) is 0 Å². The minimum atomic E-state index is -0.0541. The van der Waals surface area contributed by atoms with E-state index in [-0.39, 0.29) is 11.9 Å². The van der Waals surface area contributed by atoms with Crippen molar-refractivity contribution in [2.45, 2.75) is 32.2 Å². The third-order valence-corrected chi connectivity index (χ3v) is 4.75. The zero-order valence-corrected chi connectivity index (χ0v) is 14.1. The molecule has 0 spiro atoms. The lowest BCUT2D eigenvalue weighted by atomic mass is 9.93. The van der Waals surface area contributed by atoms with Gasteiger partial charge in [-0.2, -0.15) is 5.10 Å². The van der Waals surface area contributed by atoms with Crippen LogP contribution in [-0.4, -0.2) is 27.1 Å². The van der Waals surface area contributed by atoms with Gasteiger partial charge in [0.05, 0.1) is 23.1 Å². The van der Waals surface area contributed by atoms with Crippen molar-refractivity contribution in [2.75, 3.05) is 0 Å². The first-order valence-electron chi connectivity index (χ1n) is 8.56. The molecule has 1 atom stereocenters. The number of aryl methyl sites for hydroxylation is 2. The number of fused-ring (bicyclic) bond motifs is 1. The Morgan fingerprint density at radius 1 is 1.20 bits per heavy atom. The summed E-state index contributed by atoms with van der Waals surface area (Å²) in [4.78, 5) is 17.3. The van der Waals surface area contributed by atoms with Crippen molar-refractivity contribution >= 4 is 5.91 Å². The summed E-state index contributed by atoms with van der Waals surface area (Å²) < 4.78 is 0. The SMILES string of the molecule is Cc1nc(-c2ccccc2)ccc1C(=O)NC1CCc2[nH]ncc2C1. The van der Waals surface area contributed by atoms with Crippen LogP contribution in [-0.2, 0) is 12.8 Å². The number of hydrogen-bond acceptors (Lipinski definition) is 3. The fraction of sp³-hybridized carbons (Fsp3) is 0.250. The maximum atomic E-state index is 12.7. The van der Waals surface area contributed by atoms with Crippen LogP contribution in [0.2, 0.25) is 0 Å². The van der Waals surface area contributed by atoms with Crippen LogP contribution in [0.4, 0.5) is 0 Å². The van der Waals surface area contributed by atoms with Gasteiger partial charge in [-0.25, -0.2) is 0 Å². The van der Waals surface area contributed by atoms with Gasteiger partial charge in [0.25, 0.3) is 5.91 Å².